The number of hydrogen-bond donors (Lipinski definition) is 0. The molecule has 0 aliphatic carbocycles. The fourth-order valence-electron chi connectivity index (χ4n) is 3.01. The Morgan fingerprint density at radius 3 is 2.54 bits per heavy atom. The zero-order valence-corrected chi connectivity index (χ0v) is 14.8. The SMILES string of the molecule is Cc1cc(N(C)C2CCN(Cc3cnc(N(C)C)nc3)C2)ncn1. The van der Waals surface area contributed by atoms with Crippen molar-refractivity contribution in [3.8, 4) is 0 Å². The summed E-state index contributed by atoms with van der Waals surface area (Å²) in [5.41, 5.74) is 2.15. The molecule has 1 atom stereocenters. The van der Waals surface area contributed by atoms with E-state index in [1.807, 2.05) is 44.4 Å². The predicted octanol–water partition coefficient (Wildman–Crippen LogP) is 1.35. The molecule has 1 saturated heterocycles. The number of rotatable bonds is 5. The molecule has 1 aliphatic heterocycles. The Hall–Kier alpha value is -2.28. The highest BCUT2D eigenvalue weighted by atomic mass is 15.3. The lowest BCUT2D eigenvalue weighted by Crippen LogP contribution is -2.35. The highest BCUT2D eigenvalue weighted by Gasteiger charge is 2.26. The average molecular weight is 327 g/mol. The Morgan fingerprint density at radius 1 is 1.12 bits per heavy atom. The monoisotopic (exact) mass is 327 g/mol. The van der Waals surface area contributed by atoms with Crippen LogP contribution in [0.2, 0.25) is 0 Å². The molecule has 1 unspecified atom stereocenters. The number of likely N-dealkylation sites (tertiary alicyclic amines) is 1. The Balaban J connectivity index is 1.59. The van der Waals surface area contributed by atoms with Crippen molar-refractivity contribution in [2.24, 2.45) is 0 Å². The van der Waals surface area contributed by atoms with E-state index in [2.05, 4.69) is 36.8 Å². The third-order valence-corrected chi connectivity index (χ3v) is 4.44. The summed E-state index contributed by atoms with van der Waals surface area (Å²) in [5, 5.41) is 0. The van der Waals surface area contributed by atoms with Gasteiger partial charge in [-0.05, 0) is 13.3 Å². The summed E-state index contributed by atoms with van der Waals surface area (Å²) in [6, 6.07) is 2.51. The molecule has 0 amide bonds. The van der Waals surface area contributed by atoms with Gasteiger partial charge in [0.1, 0.15) is 12.1 Å². The molecule has 0 N–H and O–H groups in total. The van der Waals surface area contributed by atoms with Crippen molar-refractivity contribution in [3.05, 3.63) is 36.0 Å². The molecule has 0 radical (unpaired) electrons. The number of hydrogen-bond acceptors (Lipinski definition) is 7. The molecule has 24 heavy (non-hydrogen) atoms. The molecule has 3 rings (SSSR count). The van der Waals surface area contributed by atoms with Crippen LogP contribution in [0.4, 0.5) is 11.8 Å². The third kappa shape index (κ3) is 3.79. The summed E-state index contributed by atoms with van der Waals surface area (Å²) in [4.78, 5) is 24.0. The van der Waals surface area contributed by atoms with E-state index in [9.17, 15) is 0 Å². The van der Waals surface area contributed by atoms with Crippen molar-refractivity contribution in [1.29, 1.82) is 0 Å². The second kappa shape index (κ2) is 7.09. The Bertz CT molecular complexity index is 671. The van der Waals surface area contributed by atoms with Crippen molar-refractivity contribution < 1.29 is 0 Å². The third-order valence-electron chi connectivity index (χ3n) is 4.44. The molecule has 2 aromatic heterocycles. The van der Waals surface area contributed by atoms with Gasteiger partial charge in [-0.3, -0.25) is 4.90 Å². The van der Waals surface area contributed by atoms with Gasteiger partial charge < -0.3 is 9.80 Å². The van der Waals surface area contributed by atoms with Crippen LogP contribution >= 0.6 is 0 Å². The maximum absolute atomic E-state index is 4.39. The first kappa shape index (κ1) is 16.6. The molecule has 1 aliphatic rings. The van der Waals surface area contributed by atoms with Crippen LogP contribution in [0.3, 0.4) is 0 Å². The van der Waals surface area contributed by atoms with Gasteiger partial charge in [-0.1, -0.05) is 0 Å². The van der Waals surface area contributed by atoms with Crippen LogP contribution < -0.4 is 9.80 Å². The largest absolute Gasteiger partial charge is 0.355 e. The quantitative estimate of drug-likeness (QED) is 0.821. The predicted molar refractivity (Wildman–Crippen MR) is 95.2 cm³/mol. The summed E-state index contributed by atoms with van der Waals surface area (Å²) < 4.78 is 0. The zero-order valence-electron chi connectivity index (χ0n) is 14.8. The van der Waals surface area contributed by atoms with E-state index in [4.69, 9.17) is 0 Å². The first-order chi connectivity index (χ1) is 11.5. The molecular formula is C17H25N7. The van der Waals surface area contributed by atoms with Crippen LogP contribution in [0, 0.1) is 6.92 Å². The van der Waals surface area contributed by atoms with Gasteiger partial charge in [-0.25, -0.2) is 19.9 Å². The molecule has 0 saturated carbocycles. The van der Waals surface area contributed by atoms with Crippen molar-refractivity contribution in [1.82, 2.24) is 24.8 Å². The minimum atomic E-state index is 0.473. The van der Waals surface area contributed by atoms with E-state index in [0.717, 1.165) is 49.1 Å². The van der Waals surface area contributed by atoms with Crippen LogP contribution in [0.1, 0.15) is 17.7 Å². The molecule has 0 aromatic carbocycles. The second-order valence-electron chi connectivity index (χ2n) is 6.59. The molecule has 2 aromatic rings. The minimum Gasteiger partial charge on any atom is -0.355 e. The summed E-state index contributed by atoms with van der Waals surface area (Å²) >= 11 is 0. The topological polar surface area (TPSA) is 61.3 Å². The first-order valence-electron chi connectivity index (χ1n) is 8.25. The van der Waals surface area contributed by atoms with E-state index < -0.39 is 0 Å². The molecular weight excluding hydrogens is 302 g/mol. The van der Waals surface area contributed by atoms with E-state index in [0.29, 0.717) is 6.04 Å². The van der Waals surface area contributed by atoms with Crippen LogP contribution in [-0.2, 0) is 6.54 Å². The van der Waals surface area contributed by atoms with Crippen molar-refractivity contribution in [2.45, 2.75) is 25.9 Å². The summed E-state index contributed by atoms with van der Waals surface area (Å²) in [7, 11) is 6.01. The smallest absolute Gasteiger partial charge is 0.224 e. The number of nitrogens with zero attached hydrogens (tertiary/aromatic N) is 7. The molecule has 128 valence electrons. The Kier molecular flexibility index (Phi) is 4.89. The number of anilines is 2. The Morgan fingerprint density at radius 2 is 1.88 bits per heavy atom. The van der Waals surface area contributed by atoms with Crippen molar-refractivity contribution in [3.63, 3.8) is 0 Å². The normalized spacial score (nSPS) is 17.9. The maximum atomic E-state index is 4.39. The lowest BCUT2D eigenvalue weighted by atomic mass is 10.2. The van der Waals surface area contributed by atoms with Gasteiger partial charge in [-0.2, -0.15) is 0 Å². The van der Waals surface area contributed by atoms with E-state index >= 15 is 0 Å². The highest BCUT2D eigenvalue weighted by molar-refractivity contribution is 5.39. The van der Waals surface area contributed by atoms with Crippen LogP contribution in [0.15, 0.2) is 24.8 Å². The summed E-state index contributed by atoms with van der Waals surface area (Å²) in [6.45, 7) is 4.99. The van der Waals surface area contributed by atoms with Gasteiger partial charge in [-0.15, -0.1) is 0 Å². The minimum absolute atomic E-state index is 0.473. The maximum Gasteiger partial charge on any atom is 0.224 e. The number of aromatic nitrogens is 4. The fourth-order valence-corrected chi connectivity index (χ4v) is 3.01. The first-order valence-corrected chi connectivity index (χ1v) is 8.25. The number of likely N-dealkylation sites (N-methyl/N-ethyl adjacent to an activating group) is 1. The molecule has 0 spiro atoms. The van der Waals surface area contributed by atoms with Crippen LogP contribution in [0.25, 0.3) is 0 Å². The van der Waals surface area contributed by atoms with E-state index in [1.165, 1.54) is 0 Å². The molecule has 1 fully saturated rings. The van der Waals surface area contributed by atoms with Crippen molar-refractivity contribution >= 4 is 11.8 Å². The molecule has 3 heterocycles. The van der Waals surface area contributed by atoms with Crippen LogP contribution in [-0.4, -0.2) is 65.1 Å². The van der Waals surface area contributed by atoms with Gasteiger partial charge >= 0.3 is 0 Å². The van der Waals surface area contributed by atoms with Crippen molar-refractivity contribution in [2.75, 3.05) is 44.0 Å². The van der Waals surface area contributed by atoms with Gasteiger partial charge in [0.05, 0.1) is 0 Å². The summed E-state index contributed by atoms with van der Waals surface area (Å²) in [6.07, 6.45) is 6.62. The lowest BCUT2D eigenvalue weighted by molar-refractivity contribution is 0.325. The second-order valence-corrected chi connectivity index (χ2v) is 6.59. The Labute approximate surface area is 143 Å². The van der Waals surface area contributed by atoms with Gasteiger partial charge in [0.25, 0.3) is 0 Å². The molecule has 7 nitrogen and oxygen atoms in total. The number of aryl methyl sites for hydroxylation is 1. The molecule has 0 bridgehead atoms. The highest BCUT2D eigenvalue weighted by Crippen LogP contribution is 2.21. The van der Waals surface area contributed by atoms with Gasteiger partial charge in [0.15, 0.2) is 0 Å². The van der Waals surface area contributed by atoms with Gasteiger partial charge in [0.2, 0.25) is 5.95 Å². The van der Waals surface area contributed by atoms with Crippen LogP contribution in [0.5, 0.6) is 0 Å². The summed E-state index contributed by atoms with van der Waals surface area (Å²) in [5.74, 6) is 1.74. The van der Waals surface area contributed by atoms with E-state index in [-0.39, 0.29) is 0 Å². The lowest BCUT2D eigenvalue weighted by Gasteiger charge is -2.26. The van der Waals surface area contributed by atoms with E-state index in [1.54, 1.807) is 6.33 Å². The standard InChI is InChI=1S/C17H25N7/c1-13-7-16(21-12-20-13)23(4)15-5-6-24(11-15)10-14-8-18-17(19-9-14)22(2)3/h7-9,12,15H,5-6,10-11H2,1-4H3. The fraction of sp³-hybridized carbons (Fsp3) is 0.529. The van der Waals surface area contributed by atoms with Gasteiger partial charge in [0, 0.05) is 76.5 Å². The zero-order chi connectivity index (χ0) is 17.1. The molecule has 7 heteroatoms. The average Bonchev–Trinajstić information content (AvgIpc) is 3.03.